The molecule has 0 aromatic rings. The second-order valence-electron chi connectivity index (χ2n) is 3.84. The van der Waals surface area contributed by atoms with Crippen molar-refractivity contribution in [2.75, 3.05) is 0 Å². The van der Waals surface area contributed by atoms with Gasteiger partial charge in [-0.3, -0.25) is 0 Å². The first-order valence-electron chi connectivity index (χ1n) is 5.05. The van der Waals surface area contributed by atoms with Gasteiger partial charge < -0.3 is 4.74 Å². The third kappa shape index (κ3) is 2.98. The average molecular weight is 168 g/mol. The maximum Gasteiger partial charge on any atom is 0.0762 e. The zero-order chi connectivity index (χ0) is 8.97. The lowest BCUT2D eigenvalue weighted by Crippen LogP contribution is -2.23. The van der Waals surface area contributed by atoms with Crippen LogP contribution >= 0.6 is 0 Å². The largest absolute Gasteiger partial charge is 0.371 e. The van der Waals surface area contributed by atoms with E-state index < -0.39 is 0 Å². The third-order valence-electron chi connectivity index (χ3n) is 2.33. The van der Waals surface area contributed by atoms with Crippen molar-refractivity contribution in [1.82, 2.24) is 0 Å². The Morgan fingerprint density at radius 1 is 1.58 bits per heavy atom. The Labute approximate surface area is 75.8 Å². The standard InChI is InChI=1S/C11H20O/c1-4-5-6-11-8-9(2)7-10(3)12-11/h8,10-11H,4-7H2,1-3H3/t10-,11+/m1/s1. The van der Waals surface area contributed by atoms with Crippen LogP contribution < -0.4 is 0 Å². The Hall–Kier alpha value is -0.300. The first kappa shape index (κ1) is 9.79. The van der Waals surface area contributed by atoms with E-state index in [4.69, 9.17) is 4.74 Å². The molecule has 0 saturated carbocycles. The first-order chi connectivity index (χ1) is 5.72. The molecule has 0 spiro atoms. The Bertz CT molecular complexity index is 160. The Morgan fingerprint density at radius 3 is 2.92 bits per heavy atom. The summed E-state index contributed by atoms with van der Waals surface area (Å²) in [6.45, 7) is 6.59. The normalized spacial score (nSPS) is 30.1. The summed E-state index contributed by atoms with van der Waals surface area (Å²) in [6, 6.07) is 0. The molecular weight excluding hydrogens is 148 g/mol. The van der Waals surface area contributed by atoms with Crippen molar-refractivity contribution in [2.45, 2.75) is 58.7 Å². The molecule has 1 nitrogen and oxygen atoms in total. The van der Waals surface area contributed by atoms with Gasteiger partial charge in [0.05, 0.1) is 12.2 Å². The summed E-state index contributed by atoms with van der Waals surface area (Å²) in [6.07, 6.45) is 7.96. The maximum absolute atomic E-state index is 5.78. The fourth-order valence-electron chi connectivity index (χ4n) is 1.78. The third-order valence-corrected chi connectivity index (χ3v) is 2.33. The minimum absolute atomic E-state index is 0.397. The SMILES string of the molecule is CCCC[C@H]1C=C(C)C[C@@H](C)O1. The van der Waals surface area contributed by atoms with Gasteiger partial charge in [0.25, 0.3) is 0 Å². The second kappa shape index (κ2) is 4.66. The number of ether oxygens (including phenoxy) is 1. The highest BCUT2D eigenvalue weighted by Gasteiger charge is 2.16. The molecule has 0 N–H and O–H groups in total. The molecule has 2 atom stereocenters. The van der Waals surface area contributed by atoms with Crippen LogP contribution in [0, 0.1) is 0 Å². The highest BCUT2D eigenvalue weighted by molar-refractivity contribution is 5.06. The van der Waals surface area contributed by atoms with Crippen LogP contribution in [0.2, 0.25) is 0 Å². The summed E-state index contributed by atoms with van der Waals surface area (Å²) in [5, 5.41) is 0. The van der Waals surface area contributed by atoms with Crippen molar-refractivity contribution < 1.29 is 4.74 Å². The monoisotopic (exact) mass is 168 g/mol. The number of hydrogen-bond acceptors (Lipinski definition) is 1. The molecule has 0 aromatic carbocycles. The van der Waals surface area contributed by atoms with Gasteiger partial charge in [-0.1, -0.05) is 31.4 Å². The zero-order valence-corrected chi connectivity index (χ0v) is 8.47. The second-order valence-corrected chi connectivity index (χ2v) is 3.84. The van der Waals surface area contributed by atoms with E-state index >= 15 is 0 Å². The summed E-state index contributed by atoms with van der Waals surface area (Å²) in [4.78, 5) is 0. The van der Waals surface area contributed by atoms with Gasteiger partial charge in [-0.2, -0.15) is 0 Å². The van der Waals surface area contributed by atoms with E-state index in [9.17, 15) is 0 Å². The number of rotatable bonds is 3. The molecule has 0 aliphatic carbocycles. The van der Waals surface area contributed by atoms with Crippen molar-refractivity contribution in [3.05, 3.63) is 11.6 Å². The lowest BCUT2D eigenvalue weighted by atomic mass is 10.0. The molecule has 1 rings (SSSR count). The van der Waals surface area contributed by atoms with Crippen molar-refractivity contribution in [1.29, 1.82) is 0 Å². The molecule has 0 radical (unpaired) electrons. The van der Waals surface area contributed by atoms with Gasteiger partial charge in [0.15, 0.2) is 0 Å². The van der Waals surface area contributed by atoms with E-state index in [0.29, 0.717) is 12.2 Å². The van der Waals surface area contributed by atoms with Crippen molar-refractivity contribution in [3.63, 3.8) is 0 Å². The minimum atomic E-state index is 0.397. The number of unbranched alkanes of at least 4 members (excludes halogenated alkanes) is 1. The van der Waals surface area contributed by atoms with E-state index in [1.807, 2.05) is 0 Å². The van der Waals surface area contributed by atoms with E-state index in [2.05, 4.69) is 26.8 Å². The lowest BCUT2D eigenvalue weighted by Gasteiger charge is -2.25. The summed E-state index contributed by atoms with van der Waals surface area (Å²) in [5.41, 5.74) is 1.50. The fourth-order valence-corrected chi connectivity index (χ4v) is 1.78. The van der Waals surface area contributed by atoms with Gasteiger partial charge >= 0.3 is 0 Å². The van der Waals surface area contributed by atoms with Crippen LogP contribution in [0.15, 0.2) is 11.6 Å². The molecule has 1 heterocycles. The van der Waals surface area contributed by atoms with Crippen LogP contribution in [0.3, 0.4) is 0 Å². The van der Waals surface area contributed by atoms with Crippen molar-refractivity contribution in [3.8, 4) is 0 Å². The van der Waals surface area contributed by atoms with Gasteiger partial charge in [0.1, 0.15) is 0 Å². The van der Waals surface area contributed by atoms with Gasteiger partial charge in [0, 0.05) is 0 Å². The molecule has 0 bridgehead atoms. The fraction of sp³-hybridized carbons (Fsp3) is 0.818. The average Bonchev–Trinajstić information content (AvgIpc) is 1.99. The molecule has 1 heteroatoms. The molecule has 0 amide bonds. The van der Waals surface area contributed by atoms with Crippen LogP contribution in [0.5, 0.6) is 0 Å². The molecule has 0 fully saturated rings. The molecule has 0 unspecified atom stereocenters. The predicted molar refractivity (Wildman–Crippen MR) is 52.2 cm³/mol. The first-order valence-corrected chi connectivity index (χ1v) is 5.05. The highest BCUT2D eigenvalue weighted by Crippen LogP contribution is 2.21. The van der Waals surface area contributed by atoms with Gasteiger partial charge in [-0.15, -0.1) is 0 Å². The molecule has 1 aliphatic heterocycles. The number of hydrogen-bond donors (Lipinski definition) is 0. The van der Waals surface area contributed by atoms with Crippen LogP contribution in [-0.4, -0.2) is 12.2 Å². The Kier molecular flexibility index (Phi) is 3.80. The van der Waals surface area contributed by atoms with Crippen LogP contribution in [0.25, 0.3) is 0 Å². The predicted octanol–water partition coefficient (Wildman–Crippen LogP) is 3.30. The molecule has 0 saturated heterocycles. The van der Waals surface area contributed by atoms with Gasteiger partial charge in [-0.25, -0.2) is 0 Å². The molecular formula is C11H20O. The Balaban J connectivity index is 2.38. The summed E-state index contributed by atoms with van der Waals surface area (Å²) >= 11 is 0. The Morgan fingerprint density at radius 2 is 2.33 bits per heavy atom. The van der Waals surface area contributed by atoms with E-state index in [-0.39, 0.29) is 0 Å². The quantitative estimate of drug-likeness (QED) is 0.587. The van der Waals surface area contributed by atoms with Gasteiger partial charge in [0.2, 0.25) is 0 Å². The molecule has 1 aliphatic rings. The van der Waals surface area contributed by atoms with E-state index in [0.717, 1.165) is 6.42 Å². The topological polar surface area (TPSA) is 9.23 Å². The summed E-state index contributed by atoms with van der Waals surface area (Å²) < 4.78 is 5.78. The smallest absolute Gasteiger partial charge is 0.0762 e. The van der Waals surface area contributed by atoms with Crippen molar-refractivity contribution in [2.24, 2.45) is 0 Å². The van der Waals surface area contributed by atoms with Gasteiger partial charge in [-0.05, 0) is 26.7 Å². The molecule has 0 aromatic heterocycles. The van der Waals surface area contributed by atoms with Crippen LogP contribution in [0.4, 0.5) is 0 Å². The van der Waals surface area contributed by atoms with Crippen molar-refractivity contribution >= 4 is 0 Å². The zero-order valence-electron chi connectivity index (χ0n) is 8.47. The maximum atomic E-state index is 5.78. The summed E-state index contributed by atoms with van der Waals surface area (Å²) in [5.74, 6) is 0. The van der Waals surface area contributed by atoms with E-state index in [1.165, 1.54) is 24.8 Å². The molecule has 12 heavy (non-hydrogen) atoms. The van der Waals surface area contributed by atoms with E-state index in [1.54, 1.807) is 0 Å². The van der Waals surface area contributed by atoms with Crippen LogP contribution in [-0.2, 0) is 4.74 Å². The summed E-state index contributed by atoms with van der Waals surface area (Å²) in [7, 11) is 0. The minimum Gasteiger partial charge on any atom is -0.371 e. The lowest BCUT2D eigenvalue weighted by molar-refractivity contribution is 0.00941. The highest BCUT2D eigenvalue weighted by atomic mass is 16.5. The molecule has 70 valence electrons. The van der Waals surface area contributed by atoms with Crippen LogP contribution in [0.1, 0.15) is 46.5 Å².